The number of aromatic nitrogens is 3. The molecule has 2 heterocycles. The number of carbonyl (C=O) groups excluding carboxylic acids is 1. The zero-order valence-corrected chi connectivity index (χ0v) is 20.9. The zero-order valence-electron chi connectivity index (χ0n) is 20.9. The first-order valence-electron chi connectivity index (χ1n) is 12.9. The maximum Gasteiger partial charge on any atom is 0.256 e. The lowest BCUT2D eigenvalue weighted by Gasteiger charge is -2.31. The van der Waals surface area contributed by atoms with Crippen LogP contribution in [0.2, 0.25) is 0 Å². The third-order valence-corrected chi connectivity index (χ3v) is 7.43. The number of hydrogen-bond acceptors (Lipinski definition) is 5. The van der Waals surface area contributed by atoms with Gasteiger partial charge in [-0.3, -0.25) is 9.78 Å². The van der Waals surface area contributed by atoms with Crippen LogP contribution in [0.15, 0.2) is 85.1 Å². The van der Waals surface area contributed by atoms with Gasteiger partial charge in [0.25, 0.3) is 5.91 Å². The van der Waals surface area contributed by atoms with E-state index in [0.717, 1.165) is 47.4 Å². The zero-order chi connectivity index (χ0) is 26.1. The molecule has 5 N–H and O–H groups in total. The molecule has 0 radical (unpaired) electrons. The van der Waals surface area contributed by atoms with E-state index in [0.29, 0.717) is 17.7 Å². The molecule has 5 aromatic rings. The van der Waals surface area contributed by atoms with Crippen molar-refractivity contribution >= 4 is 22.6 Å². The highest BCUT2D eigenvalue weighted by Gasteiger charge is 2.31. The summed E-state index contributed by atoms with van der Waals surface area (Å²) in [6.07, 6.45) is 5.39. The van der Waals surface area contributed by atoms with Crippen LogP contribution in [0.1, 0.15) is 63.4 Å². The van der Waals surface area contributed by atoms with Gasteiger partial charge in [-0.15, -0.1) is 0 Å². The standard InChI is InChI=1S/C31H29N5O2/c32-29(21-8-1-2-9-22(21)31(38)36-26-14-5-6-15-27(26)37)23-11-7-10-20-19(16-17-33-30(20)23)18-28-34-24-12-3-4-13-25(24)35-28/h1-6,8-9,12-17,23,29,37H,7,10-11,18,32H2,(H,34,35)(H,36,38). The molecule has 1 amide bonds. The van der Waals surface area contributed by atoms with Crippen molar-refractivity contribution in [3.8, 4) is 5.75 Å². The van der Waals surface area contributed by atoms with Gasteiger partial charge in [0.05, 0.1) is 16.7 Å². The maximum absolute atomic E-state index is 13.2. The highest BCUT2D eigenvalue weighted by molar-refractivity contribution is 6.06. The predicted molar refractivity (Wildman–Crippen MR) is 148 cm³/mol. The molecule has 7 heteroatoms. The summed E-state index contributed by atoms with van der Waals surface area (Å²) in [5.74, 6) is 0.621. The summed E-state index contributed by atoms with van der Waals surface area (Å²) in [6, 6.07) is 23.8. The van der Waals surface area contributed by atoms with Crippen LogP contribution in [0.4, 0.5) is 5.69 Å². The first kappa shape index (κ1) is 23.9. The number of benzene rings is 3. The molecule has 0 bridgehead atoms. The number of phenolic OH excluding ortho intramolecular Hbond substituents is 1. The molecule has 6 rings (SSSR count). The van der Waals surface area contributed by atoms with Gasteiger partial charge in [-0.2, -0.15) is 0 Å². The lowest BCUT2D eigenvalue weighted by atomic mass is 9.77. The number of pyridine rings is 1. The van der Waals surface area contributed by atoms with Crippen LogP contribution >= 0.6 is 0 Å². The minimum atomic E-state index is -0.408. The topological polar surface area (TPSA) is 117 Å². The fourth-order valence-electron chi connectivity index (χ4n) is 5.56. The number of imidazole rings is 1. The Morgan fingerprint density at radius 3 is 2.71 bits per heavy atom. The number of amides is 1. The number of anilines is 1. The molecule has 3 aromatic carbocycles. The van der Waals surface area contributed by atoms with Crippen molar-refractivity contribution < 1.29 is 9.90 Å². The Kier molecular flexibility index (Phi) is 6.35. The Labute approximate surface area is 220 Å². The smallest absolute Gasteiger partial charge is 0.256 e. The number of H-pyrrole nitrogens is 1. The second kappa shape index (κ2) is 10.1. The van der Waals surface area contributed by atoms with E-state index in [9.17, 15) is 9.90 Å². The van der Waals surface area contributed by atoms with Gasteiger partial charge >= 0.3 is 0 Å². The highest BCUT2D eigenvalue weighted by Crippen LogP contribution is 2.40. The summed E-state index contributed by atoms with van der Waals surface area (Å²) >= 11 is 0. The molecular weight excluding hydrogens is 474 g/mol. The molecule has 2 atom stereocenters. The Morgan fingerprint density at radius 1 is 1.05 bits per heavy atom. The molecule has 2 unspecified atom stereocenters. The summed E-state index contributed by atoms with van der Waals surface area (Å²) in [4.78, 5) is 26.3. The molecule has 0 aliphatic heterocycles. The largest absolute Gasteiger partial charge is 0.506 e. The summed E-state index contributed by atoms with van der Waals surface area (Å²) in [5.41, 5.74) is 14.0. The molecule has 1 aliphatic rings. The lowest BCUT2D eigenvalue weighted by Crippen LogP contribution is -2.27. The minimum Gasteiger partial charge on any atom is -0.506 e. The number of aromatic amines is 1. The van der Waals surface area contributed by atoms with Gasteiger partial charge in [0.2, 0.25) is 0 Å². The van der Waals surface area contributed by atoms with E-state index in [1.54, 1.807) is 30.3 Å². The van der Waals surface area contributed by atoms with Crippen LogP contribution in [-0.4, -0.2) is 26.0 Å². The average Bonchev–Trinajstić information content (AvgIpc) is 3.36. The molecule has 0 spiro atoms. The van der Waals surface area contributed by atoms with Crippen molar-refractivity contribution in [2.24, 2.45) is 5.73 Å². The molecule has 7 nitrogen and oxygen atoms in total. The van der Waals surface area contributed by atoms with Crippen molar-refractivity contribution in [3.05, 3.63) is 119 Å². The van der Waals surface area contributed by atoms with E-state index in [1.807, 2.05) is 48.7 Å². The second-order valence-electron chi connectivity index (χ2n) is 9.79. The van der Waals surface area contributed by atoms with Crippen molar-refractivity contribution in [1.82, 2.24) is 15.0 Å². The van der Waals surface area contributed by atoms with Crippen LogP contribution in [0.3, 0.4) is 0 Å². The number of phenols is 1. The number of carbonyl (C=O) groups is 1. The number of hydrogen-bond donors (Lipinski definition) is 4. The molecule has 190 valence electrons. The molecular formula is C31H29N5O2. The SMILES string of the molecule is NC(c1ccccc1C(=O)Nc1ccccc1O)C1CCCc2c(Cc3nc4ccccc4[nH]3)ccnc21. The Morgan fingerprint density at radius 2 is 1.84 bits per heavy atom. The van der Waals surface area contributed by atoms with E-state index in [-0.39, 0.29) is 17.6 Å². The molecule has 38 heavy (non-hydrogen) atoms. The Balaban J connectivity index is 1.30. The van der Waals surface area contributed by atoms with Gasteiger partial charge in [0.1, 0.15) is 11.6 Å². The Bertz CT molecular complexity index is 1590. The van der Waals surface area contributed by atoms with Crippen LogP contribution in [0.5, 0.6) is 5.75 Å². The average molecular weight is 504 g/mol. The third-order valence-electron chi connectivity index (χ3n) is 7.43. The third kappa shape index (κ3) is 4.53. The van der Waals surface area contributed by atoms with Crippen LogP contribution < -0.4 is 11.1 Å². The van der Waals surface area contributed by atoms with Crippen LogP contribution in [0, 0.1) is 0 Å². The molecule has 0 saturated carbocycles. The van der Waals surface area contributed by atoms with Gasteiger partial charge in [-0.05, 0) is 72.4 Å². The number of rotatable bonds is 6. The summed E-state index contributed by atoms with van der Waals surface area (Å²) in [6.45, 7) is 0. The predicted octanol–water partition coefficient (Wildman–Crippen LogP) is 5.63. The lowest BCUT2D eigenvalue weighted by molar-refractivity contribution is 0.102. The van der Waals surface area contributed by atoms with E-state index in [2.05, 4.69) is 16.4 Å². The first-order valence-corrected chi connectivity index (χ1v) is 12.9. The van der Waals surface area contributed by atoms with Crippen LogP contribution in [-0.2, 0) is 12.8 Å². The molecule has 0 saturated heterocycles. The van der Waals surface area contributed by atoms with Crippen molar-refractivity contribution in [3.63, 3.8) is 0 Å². The molecule has 0 fully saturated rings. The van der Waals surface area contributed by atoms with Crippen molar-refractivity contribution in [2.45, 2.75) is 37.6 Å². The first-order chi connectivity index (χ1) is 18.6. The van der Waals surface area contributed by atoms with Gasteiger partial charge in [-0.1, -0.05) is 42.5 Å². The van der Waals surface area contributed by atoms with Gasteiger partial charge in [0, 0.05) is 35.8 Å². The van der Waals surface area contributed by atoms with Gasteiger partial charge in [-0.25, -0.2) is 4.98 Å². The monoisotopic (exact) mass is 503 g/mol. The summed E-state index contributed by atoms with van der Waals surface area (Å²) in [5, 5.41) is 12.9. The van der Waals surface area contributed by atoms with Crippen molar-refractivity contribution in [1.29, 1.82) is 0 Å². The summed E-state index contributed by atoms with van der Waals surface area (Å²) < 4.78 is 0. The number of nitrogens with two attached hydrogens (primary N) is 1. The summed E-state index contributed by atoms with van der Waals surface area (Å²) in [7, 11) is 0. The van der Waals surface area contributed by atoms with E-state index in [4.69, 9.17) is 15.7 Å². The fraction of sp³-hybridized carbons (Fsp3) is 0.194. The minimum absolute atomic E-state index is 0.0185. The number of aromatic hydroxyl groups is 1. The normalized spacial score (nSPS) is 15.7. The quantitative estimate of drug-likeness (QED) is 0.224. The number of nitrogens with zero attached hydrogens (tertiary/aromatic N) is 2. The number of nitrogens with one attached hydrogen (secondary N) is 2. The van der Waals surface area contributed by atoms with Crippen molar-refractivity contribution in [2.75, 3.05) is 5.32 Å². The van der Waals surface area contributed by atoms with E-state index in [1.165, 1.54) is 11.1 Å². The second-order valence-corrected chi connectivity index (χ2v) is 9.79. The number of fused-ring (bicyclic) bond motifs is 2. The van der Waals surface area contributed by atoms with E-state index >= 15 is 0 Å². The number of para-hydroxylation sites is 4. The maximum atomic E-state index is 13.2. The van der Waals surface area contributed by atoms with Gasteiger partial charge < -0.3 is 21.1 Å². The Hall–Kier alpha value is -4.49. The fourth-order valence-corrected chi connectivity index (χ4v) is 5.56. The highest BCUT2D eigenvalue weighted by atomic mass is 16.3. The van der Waals surface area contributed by atoms with Crippen LogP contribution in [0.25, 0.3) is 11.0 Å². The van der Waals surface area contributed by atoms with E-state index < -0.39 is 6.04 Å². The molecule has 2 aromatic heterocycles. The van der Waals surface area contributed by atoms with Gasteiger partial charge in [0.15, 0.2) is 0 Å². The molecule has 1 aliphatic carbocycles.